The number of ether oxygens (including phenoxy) is 1. The number of rotatable bonds is 12. The summed E-state index contributed by atoms with van der Waals surface area (Å²) in [5, 5.41) is 4.03. The molecule has 32 heavy (non-hydrogen) atoms. The number of unbranched alkanes of at least 4 members (excludes halogenated alkanes) is 1. The van der Waals surface area contributed by atoms with Crippen LogP contribution in [-0.2, 0) is 36.0 Å². The Labute approximate surface area is 190 Å². The summed E-state index contributed by atoms with van der Waals surface area (Å²) in [5.74, 6) is -0.138. The minimum Gasteiger partial charge on any atom is -0.459 e. The zero-order valence-corrected chi connectivity index (χ0v) is 20.8. The fraction of sp³-hybridized carbons (Fsp3) is 0.609. The highest BCUT2D eigenvalue weighted by molar-refractivity contribution is 7.55. The predicted octanol–water partition coefficient (Wildman–Crippen LogP) is 5.60. The van der Waals surface area contributed by atoms with Crippen molar-refractivity contribution in [3.05, 3.63) is 35.7 Å². The number of esters is 1. The van der Waals surface area contributed by atoms with E-state index >= 15 is 0 Å². The van der Waals surface area contributed by atoms with Crippen LogP contribution in [0.4, 0.5) is 0 Å². The Morgan fingerprint density at radius 2 is 1.72 bits per heavy atom. The maximum atomic E-state index is 13.4. The zero-order chi connectivity index (χ0) is 23.8. The van der Waals surface area contributed by atoms with Crippen LogP contribution in [0.1, 0.15) is 65.8 Å². The monoisotopic (exact) mass is 466 g/mol. The van der Waals surface area contributed by atoms with E-state index in [0.717, 1.165) is 24.8 Å². The Bertz CT molecular complexity index is 894. The molecule has 0 N–H and O–H groups in total. The molecule has 0 fully saturated rings. The Hall–Kier alpha value is -2.02. The third-order valence-electron chi connectivity index (χ3n) is 4.55. The summed E-state index contributed by atoms with van der Waals surface area (Å²) in [6, 6.07) is 7.97. The van der Waals surface area contributed by atoms with Crippen LogP contribution in [0.15, 0.2) is 28.8 Å². The molecule has 0 aliphatic rings. The van der Waals surface area contributed by atoms with Gasteiger partial charge in [-0.05, 0) is 53.0 Å². The van der Waals surface area contributed by atoms with E-state index in [1.54, 1.807) is 34.6 Å². The van der Waals surface area contributed by atoms with Crippen molar-refractivity contribution < 1.29 is 27.7 Å². The second-order valence-electron chi connectivity index (χ2n) is 8.44. The fourth-order valence-corrected chi connectivity index (χ4v) is 4.94. The van der Waals surface area contributed by atoms with E-state index in [9.17, 15) is 9.36 Å². The molecule has 178 valence electrons. The van der Waals surface area contributed by atoms with Gasteiger partial charge in [-0.3, -0.25) is 9.36 Å². The lowest BCUT2D eigenvalue weighted by atomic mass is 10.1. The van der Waals surface area contributed by atoms with Gasteiger partial charge >= 0.3 is 13.6 Å². The van der Waals surface area contributed by atoms with Gasteiger partial charge in [0.05, 0.1) is 19.6 Å². The Kier molecular flexibility index (Phi) is 9.62. The molecule has 0 aliphatic heterocycles. The van der Waals surface area contributed by atoms with E-state index in [-0.39, 0.29) is 25.5 Å². The van der Waals surface area contributed by atoms with Gasteiger partial charge in [0.1, 0.15) is 5.60 Å². The molecule has 0 aliphatic carbocycles. The van der Waals surface area contributed by atoms with E-state index in [4.69, 9.17) is 18.3 Å². The Morgan fingerprint density at radius 1 is 1.09 bits per heavy atom. The van der Waals surface area contributed by atoms with Gasteiger partial charge in [0.25, 0.3) is 0 Å². The number of benzene rings is 1. The summed E-state index contributed by atoms with van der Waals surface area (Å²) < 4.78 is 35.1. The average molecular weight is 467 g/mol. The smallest absolute Gasteiger partial charge is 0.345 e. The Morgan fingerprint density at radius 3 is 2.25 bits per heavy atom. The van der Waals surface area contributed by atoms with Crippen LogP contribution in [-0.4, -0.2) is 40.6 Å². The van der Waals surface area contributed by atoms with Crippen molar-refractivity contribution in [2.24, 2.45) is 0 Å². The molecule has 1 heterocycles. The molecule has 2 aromatic rings. The number of aryl methyl sites for hydroxylation is 1. The minimum absolute atomic E-state index is 0.117. The van der Waals surface area contributed by atoms with E-state index in [0.29, 0.717) is 5.82 Å². The number of carbonyl (C=O) groups is 1. The van der Waals surface area contributed by atoms with E-state index < -0.39 is 24.8 Å². The maximum absolute atomic E-state index is 13.4. The fourth-order valence-electron chi connectivity index (χ4n) is 3.09. The quantitative estimate of drug-likeness (QED) is 0.294. The van der Waals surface area contributed by atoms with Crippen LogP contribution in [0.5, 0.6) is 0 Å². The largest absolute Gasteiger partial charge is 0.459 e. The number of hydrogen-bond donors (Lipinski definition) is 0. The molecule has 1 atom stereocenters. The summed E-state index contributed by atoms with van der Waals surface area (Å²) in [6.45, 7) is 11.0. The number of aromatic nitrogens is 2. The molecule has 1 aromatic carbocycles. The molecule has 0 radical (unpaired) electrons. The molecular formula is C23H35N2O6P. The lowest BCUT2D eigenvalue weighted by Gasteiger charge is -2.27. The standard InChI is InChI=1S/C23H35N2O6P/c1-7-10-11-17-12-14-18(15-13-17)21-24-20(31-25-21)16-19(22(26)30-23(4,5)6)32(27,28-8-2)29-9-3/h12-15,19H,7-11,16H2,1-6H3. The highest BCUT2D eigenvalue weighted by Gasteiger charge is 2.44. The summed E-state index contributed by atoms with van der Waals surface area (Å²) in [4.78, 5) is 17.3. The highest BCUT2D eigenvalue weighted by Crippen LogP contribution is 2.54. The maximum Gasteiger partial charge on any atom is 0.345 e. The second-order valence-corrected chi connectivity index (χ2v) is 10.7. The number of carbonyl (C=O) groups excluding carboxylic acids is 1. The lowest BCUT2D eigenvalue weighted by Crippen LogP contribution is -2.34. The van der Waals surface area contributed by atoms with E-state index in [1.165, 1.54) is 5.56 Å². The lowest BCUT2D eigenvalue weighted by molar-refractivity contribution is -0.154. The molecule has 8 nitrogen and oxygen atoms in total. The summed E-state index contributed by atoms with van der Waals surface area (Å²) in [5.41, 5.74) is 0.0647. The first-order valence-electron chi connectivity index (χ1n) is 11.1. The normalized spacial score (nSPS) is 13.2. The van der Waals surface area contributed by atoms with Crippen LogP contribution < -0.4 is 0 Å². The third kappa shape index (κ3) is 7.54. The van der Waals surface area contributed by atoms with Gasteiger partial charge < -0.3 is 18.3 Å². The van der Waals surface area contributed by atoms with Gasteiger partial charge in [0.15, 0.2) is 5.66 Å². The van der Waals surface area contributed by atoms with Crippen LogP contribution >= 0.6 is 7.60 Å². The summed E-state index contributed by atoms with van der Waals surface area (Å²) >= 11 is 0. The van der Waals surface area contributed by atoms with Crippen molar-refractivity contribution in [2.75, 3.05) is 13.2 Å². The van der Waals surface area contributed by atoms with Crippen LogP contribution in [0, 0.1) is 0 Å². The Balaban J connectivity index is 2.27. The molecule has 0 saturated carbocycles. The van der Waals surface area contributed by atoms with Gasteiger partial charge in [-0.1, -0.05) is 42.8 Å². The van der Waals surface area contributed by atoms with Crippen molar-refractivity contribution in [3.8, 4) is 11.4 Å². The molecule has 1 aromatic heterocycles. The zero-order valence-electron chi connectivity index (χ0n) is 19.9. The number of hydrogen-bond acceptors (Lipinski definition) is 8. The summed E-state index contributed by atoms with van der Waals surface area (Å²) in [7, 11) is -3.82. The van der Waals surface area contributed by atoms with Gasteiger partial charge in [-0.15, -0.1) is 0 Å². The molecule has 0 amide bonds. The first kappa shape index (κ1) is 26.2. The molecular weight excluding hydrogens is 431 g/mol. The molecule has 0 spiro atoms. The first-order chi connectivity index (χ1) is 15.1. The van der Waals surface area contributed by atoms with Crippen LogP contribution in [0.2, 0.25) is 0 Å². The van der Waals surface area contributed by atoms with Crippen molar-refractivity contribution in [1.82, 2.24) is 10.1 Å². The molecule has 1 unspecified atom stereocenters. The summed E-state index contributed by atoms with van der Waals surface area (Å²) in [6.07, 6.45) is 3.18. The van der Waals surface area contributed by atoms with Gasteiger partial charge in [0, 0.05) is 5.56 Å². The van der Waals surface area contributed by atoms with Crippen molar-refractivity contribution >= 4 is 13.6 Å². The van der Waals surface area contributed by atoms with Crippen LogP contribution in [0.3, 0.4) is 0 Å². The van der Waals surface area contributed by atoms with Gasteiger partial charge in [-0.25, -0.2) is 0 Å². The minimum atomic E-state index is -3.82. The molecule has 0 bridgehead atoms. The first-order valence-corrected chi connectivity index (χ1v) is 12.8. The number of nitrogens with zero attached hydrogens (tertiary/aromatic N) is 2. The molecule has 9 heteroatoms. The molecule has 2 rings (SSSR count). The third-order valence-corrected chi connectivity index (χ3v) is 6.94. The van der Waals surface area contributed by atoms with Crippen molar-refractivity contribution in [2.45, 2.75) is 78.5 Å². The van der Waals surface area contributed by atoms with Crippen molar-refractivity contribution in [1.29, 1.82) is 0 Å². The predicted molar refractivity (Wildman–Crippen MR) is 123 cm³/mol. The SMILES string of the molecule is CCCCc1ccc(-c2noc(CC(C(=O)OC(C)(C)C)P(=O)(OCC)OCC)n2)cc1. The van der Waals surface area contributed by atoms with Crippen molar-refractivity contribution in [3.63, 3.8) is 0 Å². The van der Waals surface area contributed by atoms with Crippen LogP contribution in [0.25, 0.3) is 11.4 Å². The van der Waals surface area contributed by atoms with Gasteiger partial charge in [0.2, 0.25) is 11.7 Å². The van der Waals surface area contributed by atoms with E-state index in [2.05, 4.69) is 17.1 Å². The molecule has 0 saturated heterocycles. The van der Waals surface area contributed by atoms with E-state index in [1.807, 2.05) is 24.3 Å². The van der Waals surface area contributed by atoms with Gasteiger partial charge in [-0.2, -0.15) is 4.98 Å². The topological polar surface area (TPSA) is 101 Å². The highest BCUT2D eigenvalue weighted by atomic mass is 31.2. The average Bonchev–Trinajstić information content (AvgIpc) is 3.18. The second kappa shape index (κ2) is 11.7.